The number of nitrogens with zero attached hydrogens (tertiary/aromatic N) is 2. The van der Waals surface area contributed by atoms with Crippen LogP contribution in [0, 0.1) is 0 Å². The standard InChI is InChI=1S/C17H16N4O5S/c22-16(19-6-5-12-9-18-10-26-12)11-3-4-15-13(8-11)20-17(23)14-2-1-7-21(14)27(15,24)25/h1-4,7-10,17,20,23H,5-6H2,(H,19,22). The van der Waals surface area contributed by atoms with Gasteiger partial charge in [0.25, 0.3) is 15.9 Å². The summed E-state index contributed by atoms with van der Waals surface area (Å²) < 4.78 is 31.7. The van der Waals surface area contributed by atoms with Crippen molar-refractivity contribution < 1.29 is 22.7 Å². The lowest BCUT2D eigenvalue weighted by atomic mass is 10.1. The number of aliphatic hydroxyl groups is 1. The minimum absolute atomic E-state index is 0.0188. The molecule has 1 aliphatic rings. The predicted octanol–water partition coefficient (Wildman–Crippen LogP) is 1.10. The van der Waals surface area contributed by atoms with Crippen LogP contribution in [0.25, 0.3) is 0 Å². The average Bonchev–Trinajstić information content (AvgIpc) is 3.32. The van der Waals surface area contributed by atoms with E-state index in [1.54, 1.807) is 12.3 Å². The monoisotopic (exact) mass is 388 g/mol. The van der Waals surface area contributed by atoms with Crippen LogP contribution in [-0.2, 0) is 16.4 Å². The molecule has 0 saturated heterocycles. The molecule has 0 aliphatic carbocycles. The molecule has 2 aromatic heterocycles. The van der Waals surface area contributed by atoms with Gasteiger partial charge in [0, 0.05) is 24.7 Å². The lowest BCUT2D eigenvalue weighted by Crippen LogP contribution is -2.25. The summed E-state index contributed by atoms with van der Waals surface area (Å²) in [7, 11) is -3.87. The highest BCUT2D eigenvalue weighted by atomic mass is 32.2. The number of hydrogen-bond donors (Lipinski definition) is 3. The summed E-state index contributed by atoms with van der Waals surface area (Å²) in [4.78, 5) is 16.1. The molecular formula is C17H16N4O5S. The number of aliphatic hydroxyl groups excluding tert-OH is 1. The number of aromatic nitrogens is 2. The molecule has 1 amide bonds. The molecular weight excluding hydrogens is 372 g/mol. The molecule has 140 valence electrons. The second kappa shape index (κ2) is 6.56. The summed E-state index contributed by atoms with van der Waals surface area (Å²) in [5.74, 6) is 0.282. The highest BCUT2D eigenvalue weighted by Gasteiger charge is 2.30. The van der Waals surface area contributed by atoms with Gasteiger partial charge in [-0.2, -0.15) is 0 Å². The molecule has 9 nitrogen and oxygen atoms in total. The Kier molecular flexibility index (Phi) is 4.21. The van der Waals surface area contributed by atoms with Gasteiger partial charge in [-0.25, -0.2) is 17.4 Å². The van der Waals surface area contributed by atoms with E-state index in [9.17, 15) is 18.3 Å². The maximum atomic E-state index is 12.8. The van der Waals surface area contributed by atoms with Gasteiger partial charge < -0.3 is 20.2 Å². The molecule has 3 aromatic rings. The van der Waals surface area contributed by atoms with Crippen molar-refractivity contribution in [3.63, 3.8) is 0 Å². The number of fused-ring (bicyclic) bond motifs is 2. The molecule has 3 heterocycles. The van der Waals surface area contributed by atoms with Gasteiger partial charge in [-0.3, -0.25) is 4.79 Å². The Hall–Kier alpha value is -3.11. The Morgan fingerprint density at radius 3 is 3.00 bits per heavy atom. The molecule has 1 atom stereocenters. The fourth-order valence-corrected chi connectivity index (χ4v) is 4.43. The van der Waals surface area contributed by atoms with Crippen molar-refractivity contribution in [1.29, 1.82) is 0 Å². The Bertz CT molecular complexity index is 1090. The first kappa shape index (κ1) is 17.3. The van der Waals surface area contributed by atoms with Crippen LogP contribution in [0.2, 0.25) is 0 Å². The normalized spacial score (nSPS) is 17.3. The van der Waals surface area contributed by atoms with Crippen LogP contribution in [0.1, 0.15) is 28.0 Å². The zero-order valence-electron chi connectivity index (χ0n) is 14.0. The minimum Gasteiger partial charge on any atom is -0.448 e. The molecule has 27 heavy (non-hydrogen) atoms. The zero-order chi connectivity index (χ0) is 19.0. The summed E-state index contributed by atoms with van der Waals surface area (Å²) in [6.45, 7) is 0.338. The lowest BCUT2D eigenvalue weighted by molar-refractivity contribution is 0.0953. The Labute approximate surface area is 154 Å². The molecule has 0 spiro atoms. The van der Waals surface area contributed by atoms with E-state index in [0.29, 0.717) is 18.7 Å². The van der Waals surface area contributed by atoms with E-state index in [1.165, 1.54) is 36.9 Å². The smallest absolute Gasteiger partial charge is 0.270 e. The molecule has 0 saturated carbocycles. The third kappa shape index (κ3) is 3.09. The molecule has 0 radical (unpaired) electrons. The Morgan fingerprint density at radius 2 is 2.22 bits per heavy atom. The zero-order valence-corrected chi connectivity index (χ0v) is 14.8. The highest BCUT2D eigenvalue weighted by Crippen LogP contribution is 2.33. The molecule has 0 bridgehead atoms. The van der Waals surface area contributed by atoms with Crippen LogP contribution in [0.3, 0.4) is 0 Å². The van der Waals surface area contributed by atoms with Crippen LogP contribution < -0.4 is 10.6 Å². The van der Waals surface area contributed by atoms with Gasteiger partial charge in [-0.1, -0.05) is 0 Å². The van der Waals surface area contributed by atoms with Gasteiger partial charge in [0.05, 0.1) is 17.6 Å². The molecule has 1 aliphatic heterocycles. The Morgan fingerprint density at radius 1 is 1.37 bits per heavy atom. The Balaban J connectivity index is 1.58. The summed E-state index contributed by atoms with van der Waals surface area (Å²) in [6.07, 6.45) is 3.52. The van der Waals surface area contributed by atoms with Crippen LogP contribution in [0.5, 0.6) is 0 Å². The van der Waals surface area contributed by atoms with Crippen molar-refractivity contribution in [3.05, 3.63) is 66.1 Å². The minimum atomic E-state index is -3.87. The first-order chi connectivity index (χ1) is 13.0. The number of hydrogen-bond acceptors (Lipinski definition) is 7. The summed E-state index contributed by atoms with van der Waals surface area (Å²) >= 11 is 0. The SMILES string of the molecule is O=C(NCCc1cnco1)c1ccc2c(c1)NC(O)c1cccn1S2(=O)=O. The van der Waals surface area contributed by atoms with Gasteiger partial charge in [0.2, 0.25) is 0 Å². The molecule has 10 heteroatoms. The van der Waals surface area contributed by atoms with Crippen molar-refractivity contribution in [3.8, 4) is 0 Å². The predicted molar refractivity (Wildman–Crippen MR) is 94.6 cm³/mol. The van der Waals surface area contributed by atoms with Crippen molar-refractivity contribution >= 4 is 21.6 Å². The van der Waals surface area contributed by atoms with Gasteiger partial charge in [-0.05, 0) is 30.3 Å². The number of anilines is 1. The van der Waals surface area contributed by atoms with Gasteiger partial charge >= 0.3 is 0 Å². The number of oxazole rings is 1. The van der Waals surface area contributed by atoms with Crippen molar-refractivity contribution in [2.24, 2.45) is 0 Å². The van der Waals surface area contributed by atoms with Crippen molar-refractivity contribution in [2.45, 2.75) is 17.5 Å². The van der Waals surface area contributed by atoms with E-state index in [1.807, 2.05) is 0 Å². The molecule has 3 N–H and O–H groups in total. The number of nitrogens with one attached hydrogen (secondary N) is 2. The summed E-state index contributed by atoms with van der Waals surface area (Å²) in [5, 5.41) is 15.8. The fraction of sp³-hybridized carbons (Fsp3) is 0.176. The fourth-order valence-electron chi connectivity index (χ4n) is 2.91. The first-order valence-electron chi connectivity index (χ1n) is 8.14. The number of amides is 1. The number of carbonyl (C=O) groups excluding carboxylic acids is 1. The first-order valence-corrected chi connectivity index (χ1v) is 9.58. The maximum Gasteiger partial charge on any atom is 0.270 e. The second-order valence-electron chi connectivity index (χ2n) is 5.97. The van der Waals surface area contributed by atoms with Crippen LogP contribution >= 0.6 is 0 Å². The van der Waals surface area contributed by atoms with E-state index in [-0.39, 0.29) is 27.7 Å². The van der Waals surface area contributed by atoms with Crippen molar-refractivity contribution in [1.82, 2.24) is 14.3 Å². The lowest BCUT2D eigenvalue weighted by Gasteiger charge is -2.12. The van der Waals surface area contributed by atoms with E-state index in [2.05, 4.69) is 15.6 Å². The summed E-state index contributed by atoms with van der Waals surface area (Å²) in [6, 6.07) is 7.25. The van der Waals surface area contributed by atoms with E-state index < -0.39 is 16.3 Å². The second-order valence-corrected chi connectivity index (χ2v) is 7.75. The van der Waals surface area contributed by atoms with Gasteiger partial charge in [0.1, 0.15) is 10.7 Å². The van der Waals surface area contributed by atoms with Crippen molar-refractivity contribution in [2.75, 3.05) is 11.9 Å². The largest absolute Gasteiger partial charge is 0.448 e. The number of rotatable bonds is 4. The van der Waals surface area contributed by atoms with Crippen LogP contribution in [-0.4, -0.2) is 34.9 Å². The van der Waals surface area contributed by atoms with Gasteiger partial charge in [0.15, 0.2) is 12.6 Å². The van der Waals surface area contributed by atoms with Gasteiger partial charge in [-0.15, -0.1) is 0 Å². The molecule has 1 aromatic carbocycles. The number of carbonyl (C=O) groups is 1. The van der Waals surface area contributed by atoms with Crippen LogP contribution in [0.15, 0.2) is 58.4 Å². The third-order valence-electron chi connectivity index (χ3n) is 4.23. The van der Waals surface area contributed by atoms with Crippen LogP contribution in [0.4, 0.5) is 5.69 Å². The van der Waals surface area contributed by atoms with E-state index in [0.717, 1.165) is 3.97 Å². The number of benzene rings is 1. The topological polar surface area (TPSA) is 126 Å². The van der Waals surface area contributed by atoms with E-state index >= 15 is 0 Å². The average molecular weight is 388 g/mol. The molecule has 0 fully saturated rings. The third-order valence-corrected chi connectivity index (χ3v) is 6.00. The van der Waals surface area contributed by atoms with E-state index in [4.69, 9.17) is 4.42 Å². The maximum absolute atomic E-state index is 12.8. The quantitative estimate of drug-likeness (QED) is 0.611. The molecule has 1 unspecified atom stereocenters. The highest BCUT2D eigenvalue weighted by molar-refractivity contribution is 7.90. The molecule has 4 rings (SSSR count). The summed E-state index contributed by atoms with van der Waals surface area (Å²) in [5.41, 5.74) is 0.631.